The van der Waals surface area contributed by atoms with E-state index in [2.05, 4.69) is 81.0 Å². The minimum Gasteiger partial charge on any atom is -0.355 e. The maximum absolute atomic E-state index is 4.68. The molecule has 156 valence electrons. The smallest absolute Gasteiger partial charge is 0.128 e. The lowest BCUT2D eigenvalue weighted by atomic mass is 10.1. The van der Waals surface area contributed by atoms with Gasteiger partial charge in [0.05, 0.1) is 0 Å². The lowest BCUT2D eigenvalue weighted by Gasteiger charge is -2.24. The van der Waals surface area contributed by atoms with Gasteiger partial charge in [0.15, 0.2) is 0 Å². The molecule has 31 heavy (non-hydrogen) atoms. The van der Waals surface area contributed by atoms with Gasteiger partial charge in [0.2, 0.25) is 0 Å². The second-order valence-electron chi connectivity index (χ2n) is 8.58. The van der Waals surface area contributed by atoms with Gasteiger partial charge in [-0.1, -0.05) is 41.8 Å². The molecule has 2 saturated heterocycles. The van der Waals surface area contributed by atoms with E-state index in [0.29, 0.717) is 6.04 Å². The zero-order chi connectivity index (χ0) is 21.0. The molecule has 0 aliphatic carbocycles. The Hall–Kier alpha value is -3.16. The van der Waals surface area contributed by atoms with Crippen LogP contribution < -0.4 is 4.90 Å². The molecule has 2 aliphatic heterocycles. The van der Waals surface area contributed by atoms with Crippen molar-refractivity contribution in [2.75, 3.05) is 31.1 Å². The zero-order valence-electron chi connectivity index (χ0n) is 18.1. The van der Waals surface area contributed by atoms with Crippen molar-refractivity contribution in [1.82, 2.24) is 14.9 Å². The van der Waals surface area contributed by atoms with Gasteiger partial charge < -0.3 is 4.90 Å². The topological polar surface area (TPSA) is 32.3 Å². The van der Waals surface area contributed by atoms with Crippen molar-refractivity contribution in [1.29, 1.82) is 0 Å². The Labute approximate surface area is 185 Å². The number of aromatic nitrogens is 2. The van der Waals surface area contributed by atoms with E-state index < -0.39 is 0 Å². The molecule has 0 amide bonds. The summed E-state index contributed by atoms with van der Waals surface area (Å²) < 4.78 is 0. The first-order valence-electron chi connectivity index (χ1n) is 11.2. The fourth-order valence-corrected chi connectivity index (χ4v) is 4.52. The molecule has 4 heteroatoms. The first-order valence-corrected chi connectivity index (χ1v) is 11.2. The van der Waals surface area contributed by atoms with Crippen molar-refractivity contribution in [3.8, 4) is 23.0 Å². The van der Waals surface area contributed by atoms with Crippen LogP contribution in [-0.4, -0.2) is 47.1 Å². The van der Waals surface area contributed by atoms with E-state index in [1.807, 2.05) is 18.5 Å². The molecule has 0 saturated carbocycles. The molecule has 3 aromatic rings. The second kappa shape index (κ2) is 8.91. The highest BCUT2D eigenvalue weighted by Crippen LogP contribution is 2.24. The summed E-state index contributed by atoms with van der Waals surface area (Å²) in [6.07, 6.45) is 7.72. The number of aryl methyl sites for hydroxylation is 1. The summed E-state index contributed by atoms with van der Waals surface area (Å²) in [6.45, 7) is 6.81. The summed E-state index contributed by atoms with van der Waals surface area (Å²) in [5.74, 6) is 7.42. The largest absolute Gasteiger partial charge is 0.355 e. The van der Waals surface area contributed by atoms with Crippen LogP contribution in [0.1, 0.15) is 36.1 Å². The van der Waals surface area contributed by atoms with Crippen molar-refractivity contribution in [2.24, 2.45) is 0 Å². The van der Waals surface area contributed by atoms with Crippen LogP contribution in [0, 0.1) is 18.8 Å². The van der Waals surface area contributed by atoms with E-state index in [-0.39, 0.29) is 0 Å². The summed E-state index contributed by atoms with van der Waals surface area (Å²) >= 11 is 0. The molecular formula is C27H28N4. The molecule has 1 atom stereocenters. The molecule has 0 spiro atoms. The number of pyridine rings is 2. The van der Waals surface area contributed by atoms with E-state index >= 15 is 0 Å². The van der Waals surface area contributed by atoms with Crippen LogP contribution in [0.2, 0.25) is 0 Å². The maximum Gasteiger partial charge on any atom is 0.128 e. The maximum atomic E-state index is 4.68. The third-order valence-corrected chi connectivity index (χ3v) is 6.38. The normalized spacial score (nSPS) is 18.7. The molecule has 4 heterocycles. The van der Waals surface area contributed by atoms with Crippen LogP contribution in [-0.2, 0) is 0 Å². The molecule has 0 N–H and O–H groups in total. The van der Waals surface area contributed by atoms with Crippen LogP contribution >= 0.6 is 0 Å². The van der Waals surface area contributed by atoms with Gasteiger partial charge >= 0.3 is 0 Å². The standard InChI is InChI=1S/C27H28N4/c1-21-4-8-23(9-5-21)24-10-12-25(28-19-24)11-6-22-7-13-27(29-18-22)31-17-14-26(20-31)30-15-2-3-16-30/h4-5,7-10,12-13,18-19,26H,2-3,14-17,20H2,1H3. The van der Waals surface area contributed by atoms with E-state index in [0.717, 1.165) is 35.7 Å². The lowest BCUT2D eigenvalue weighted by molar-refractivity contribution is 0.260. The highest BCUT2D eigenvalue weighted by atomic mass is 15.3. The predicted molar refractivity (Wildman–Crippen MR) is 126 cm³/mol. The van der Waals surface area contributed by atoms with Crippen LogP contribution in [0.4, 0.5) is 5.82 Å². The third-order valence-electron chi connectivity index (χ3n) is 6.38. The van der Waals surface area contributed by atoms with Crippen LogP contribution in [0.5, 0.6) is 0 Å². The van der Waals surface area contributed by atoms with Crippen molar-refractivity contribution >= 4 is 5.82 Å². The summed E-state index contributed by atoms with van der Waals surface area (Å²) in [5.41, 5.74) is 5.23. The van der Waals surface area contributed by atoms with Crippen molar-refractivity contribution in [2.45, 2.75) is 32.2 Å². The minimum absolute atomic E-state index is 0.692. The Morgan fingerprint density at radius 2 is 1.61 bits per heavy atom. The van der Waals surface area contributed by atoms with Gasteiger partial charge in [-0.15, -0.1) is 0 Å². The molecule has 5 rings (SSSR count). The molecule has 2 aromatic heterocycles. The van der Waals surface area contributed by atoms with Crippen molar-refractivity contribution in [3.63, 3.8) is 0 Å². The molecule has 2 fully saturated rings. The van der Waals surface area contributed by atoms with Gasteiger partial charge in [-0.2, -0.15) is 0 Å². The molecular weight excluding hydrogens is 380 g/mol. The molecule has 1 unspecified atom stereocenters. The highest BCUT2D eigenvalue weighted by Gasteiger charge is 2.29. The molecule has 0 bridgehead atoms. The van der Waals surface area contributed by atoms with E-state index in [9.17, 15) is 0 Å². The predicted octanol–water partition coefficient (Wildman–Crippen LogP) is 4.53. The lowest BCUT2D eigenvalue weighted by Crippen LogP contribution is -2.35. The van der Waals surface area contributed by atoms with Gasteiger partial charge in [-0.05, 0) is 69.0 Å². The quantitative estimate of drug-likeness (QED) is 0.596. The van der Waals surface area contributed by atoms with Gasteiger partial charge in [-0.25, -0.2) is 9.97 Å². The molecule has 4 nitrogen and oxygen atoms in total. The number of hydrogen-bond acceptors (Lipinski definition) is 4. The van der Waals surface area contributed by atoms with E-state index in [1.165, 1.54) is 43.5 Å². The Morgan fingerprint density at radius 1 is 0.806 bits per heavy atom. The van der Waals surface area contributed by atoms with Crippen molar-refractivity contribution < 1.29 is 0 Å². The Balaban J connectivity index is 1.22. The monoisotopic (exact) mass is 408 g/mol. The fourth-order valence-electron chi connectivity index (χ4n) is 4.52. The fraction of sp³-hybridized carbons (Fsp3) is 0.333. The third kappa shape index (κ3) is 4.62. The Kier molecular flexibility index (Phi) is 5.69. The number of anilines is 1. The number of hydrogen-bond donors (Lipinski definition) is 0. The van der Waals surface area contributed by atoms with Gasteiger partial charge in [0.1, 0.15) is 11.5 Å². The Bertz CT molecular complexity index is 1070. The van der Waals surface area contributed by atoms with Gasteiger partial charge in [-0.3, -0.25) is 4.90 Å². The number of nitrogens with zero attached hydrogens (tertiary/aromatic N) is 4. The molecule has 1 aromatic carbocycles. The molecule has 2 aliphatic rings. The zero-order valence-corrected chi connectivity index (χ0v) is 18.1. The van der Waals surface area contributed by atoms with Gasteiger partial charge in [0.25, 0.3) is 0 Å². The van der Waals surface area contributed by atoms with Crippen molar-refractivity contribution in [3.05, 3.63) is 77.7 Å². The second-order valence-corrected chi connectivity index (χ2v) is 8.58. The average molecular weight is 409 g/mol. The SMILES string of the molecule is Cc1ccc(-c2ccc(C#Cc3ccc(N4CCC(N5CCCC5)C4)nc3)nc2)cc1. The highest BCUT2D eigenvalue weighted by molar-refractivity contribution is 5.63. The summed E-state index contributed by atoms with van der Waals surface area (Å²) in [5, 5.41) is 0. The summed E-state index contributed by atoms with van der Waals surface area (Å²) in [6, 6.07) is 17.4. The number of benzene rings is 1. The van der Waals surface area contributed by atoms with Crippen LogP contribution in [0.3, 0.4) is 0 Å². The van der Waals surface area contributed by atoms with E-state index in [4.69, 9.17) is 0 Å². The van der Waals surface area contributed by atoms with Gasteiger partial charge in [0, 0.05) is 42.7 Å². The van der Waals surface area contributed by atoms with Crippen LogP contribution in [0.25, 0.3) is 11.1 Å². The summed E-state index contributed by atoms with van der Waals surface area (Å²) in [7, 11) is 0. The average Bonchev–Trinajstić information content (AvgIpc) is 3.51. The van der Waals surface area contributed by atoms with Crippen LogP contribution in [0.15, 0.2) is 60.9 Å². The van der Waals surface area contributed by atoms with E-state index in [1.54, 1.807) is 0 Å². The summed E-state index contributed by atoms with van der Waals surface area (Å²) in [4.78, 5) is 14.2. The Morgan fingerprint density at radius 3 is 2.32 bits per heavy atom. The number of rotatable bonds is 3. The molecule has 0 radical (unpaired) electrons. The first kappa shape index (κ1) is 19.8. The number of likely N-dealkylation sites (tertiary alicyclic amines) is 1. The first-order chi connectivity index (χ1) is 15.2. The minimum atomic E-state index is 0.692.